The van der Waals surface area contributed by atoms with Gasteiger partial charge in [-0.2, -0.15) is 5.10 Å². The second kappa shape index (κ2) is 6.39. The van der Waals surface area contributed by atoms with E-state index < -0.39 is 10.0 Å². The lowest BCUT2D eigenvalue weighted by atomic mass is 10.4. The lowest BCUT2D eigenvalue weighted by Gasteiger charge is -2.07. The van der Waals surface area contributed by atoms with Crippen LogP contribution in [0.3, 0.4) is 0 Å². The van der Waals surface area contributed by atoms with Crippen LogP contribution in [0.15, 0.2) is 41.4 Å². The van der Waals surface area contributed by atoms with Gasteiger partial charge in [0.05, 0.1) is 21.8 Å². The predicted octanol–water partition coefficient (Wildman–Crippen LogP) is 2.21. The molecule has 1 aromatic heterocycles. The van der Waals surface area contributed by atoms with Crippen molar-refractivity contribution in [2.75, 3.05) is 6.54 Å². The van der Waals surface area contributed by atoms with Gasteiger partial charge in [-0.3, -0.25) is 4.68 Å². The summed E-state index contributed by atoms with van der Waals surface area (Å²) < 4.78 is 28.3. The van der Waals surface area contributed by atoms with Crippen molar-refractivity contribution in [3.63, 3.8) is 0 Å². The number of rotatable bonds is 6. The molecule has 0 atom stereocenters. The molecule has 2 aromatic rings. The third-order valence-corrected chi connectivity index (χ3v) is 4.78. The number of nitrogens with zero attached hydrogens (tertiary/aromatic N) is 2. The molecule has 0 aliphatic carbocycles. The summed E-state index contributed by atoms with van der Waals surface area (Å²) in [5.74, 6) is 0. The first-order valence-electron chi connectivity index (χ1n) is 6.23. The van der Waals surface area contributed by atoms with Gasteiger partial charge in [-0.05, 0) is 25.5 Å². The van der Waals surface area contributed by atoms with Crippen LogP contribution in [0.25, 0.3) is 0 Å². The van der Waals surface area contributed by atoms with Crippen molar-refractivity contribution in [1.29, 1.82) is 0 Å². The molecule has 0 unspecified atom stereocenters. The van der Waals surface area contributed by atoms with Gasteiger partial charge in [0.2, 0.25) is 10.0 Å². The van der Waals surface area contributed by atoms with Crippen molar-refractivity contribution < 1.29 is 8.42 Å². The van der Waals surface area contributed by atoms with E-state index in [1.54, 1.807) is 41.2 Å². The molecule has 20 heavy (non-hydrogen) atoms. The van der Waals surface area contributed by atoms with Gasteiger partial charge in [0.15, 0.2) is 0 Å². The number of aromatic nitrogens is 2. The van der Waals surface area contributed by atoms with Crippen LogP contribution in [0.2, 0.25) is 5.02 Å². The van der Waals surface area contributed by atoms with Gasteiger partial charge < -0.3 is 0 Å². The molecule has 0 radical (unpaired) electrons. The van der Waals surface area contributed by atoms with Crippen LogP contribution in [0.4, 0.5) is 0 Å². The Balaban J connectivity index is 1.86. The average Bonchev–Trinajstić information content (AvgIpc) is 2.76. The minimum absolute atomic E-state index is 0.276. The highest BCUT2D eigenvalue weighted by Crippen LogP contribution is 2.13. The molecular weight excluding hydrogens is 298 g/mol. The zero-order valence-electron chi connectivity index (χ0n) is 11.1. The van der Waals surface area contributed by atoms with Crippen LogP contribution in [0, 0.1) is 6.92 Å². The van der Waals surface area contributed by atoms with Gasteiger partial charge in [0.1, 0.15) is 0 Å². The Morgan fingerprint density at radius 1 is 1.30 bits per heavy atom. The van der Waals surface area contributed by atoms with E-state index in [1.165, 1.54) is 0 Å². The summed E-state index contributed by atoms with van der Waals surface area (Å²) in [4.78, 5) is 0.276. The van der Waals surface area contributed by atoms with Crippen LogP contribution >= 0.6 is 11.6 Å². The average molecular weight is 314 g/mol. The predicted molar refractivity (Wildman–Crippen MR) is 78.2 cm³/mol. The number of hydrogen-bond acceptors (Lipinski definition) is 3. The number of halogens is 1. The highest BCUT2D eigenvalue weighted by atomic mass is 35.5. The molecule has 0 spiro atoms. The molecular formula is C13H16ClN3O2S. The molecule has 0 amide bonds. The van der Waals surface area contributed by atoms with Crippen molar-refractivity contribution >= 4 is 21.6 Å². The van der Waals surface area contributed by atoms with E-state index in [1.807, 2.05) is 6.92 Å². The van der Waals surface area contributed by atoms with Gasteiger partial charge in [-0.25, -0.2) is 13.1 Å². The fourth-order valence-electron chi connectivity index (χ4n) is 1.77. The Kier molecular flexibility index (Phi) is 4.80. The summed E-state index contributed by atoms with van der Waals surface area (Å²) in [6, 6.07) is 8.32. The quantitative estimate of drug-likeness (QED) is 0.832. The Labute approximate surface area is 123 Å². The summed E-state index contributed by atoms with van der Waals surface area (Å²) in [5.41, 5.74) is 0.887. The van der Waals surface area contributed by atoms with E-state index >= 15 is 0 Å². The van der Waals surface area contributed by atoms with Gasteiger partial charge in [-0.1, -0.05) is 29.8 Å². The zero-order chi connectivity index (χ0) is 14.6. The molecule has 1 aromatic carbocycles. The first-order valence-corrected chi connectivity index (χ1v) is 8.09. The van der Waals surface area contributed by atoms with Crippen molar-refractivity contribution in [1.82, 2.24) is 14.5 Å². The second-order valence-corrected chi connectivity index (χ2v) is 6.54. The number of hydrogen-bond donors (Lipinski definition) is 1. The normalized spacial score (nSPS) is 11.7. The van der Waals surface area contributed by atoms with E-state index in [0.717, 1.165) is 5.69 Å². The largest absolute Gasteiger partial charge is 0.268 e. The Hall–Kier alpha value is -1.37. The Morgan fingerprint density at radius 2 is 2.00 bits per heavy atom. The monoisotopic (exact) mass is 313 g/mol. The summed E-state index contributed by atoms with van der Waals surface area (Å²) in [6.07, 6.45) is 2.23. The van der Waals surface area contributed by atoms with E-state index in [-0.39, 0.29) is 4.90 Å². The van der Waals surface area contributed by atoms with Crippen molar-refractivity contribution in [2.24, 2.45) is 0 Å². The summed E-state index contributed by atoms with van der Waals surface area (Å²) in [6.45, 7) is 2.85. The maximum Gasteiger partial charge on any atom is 0.240 e. The molecule has 0 saturated heterocycles. The van der Waals surface area contributed by atoms with E-state index in [0.29, 0.717) is 24.5 Å². The number of sulfonamides is 1. The molecule has 108 valence electrons. The third kappa shape index (κ3) is 3.59. The number of benzene rings is 1. The van der Waals surface area contributed by atoms with Crippen LogP contribution < -0.4 is 4.72 Å². The van der Waals surface area contributed by atoms with Gasteiger partial charge in [0.25, 0.3) is 0 Å². The fraction of sp³-hybridized carbons (Fsp3) is 0.308. The molecule has 0 saturated carbocycles. The van der Waals surface area contributed by atoms with Gasteiger partial charge >= 0.3 is 0 Å². The summed E-state index contributed by atoms with van der Waals surface area (Å²) in [5, 5.41) is 4.74. The van der Waals surface area contributed by atoms with Crippen LogP contribution in [0.5, 0.6) is 0 Å². The van der Waals surface area contributed by atoms with Crippen LogP contribution in [-0.4, -0.2) is 24.7 Å². The first-order chi connectivity index (χ1) is 9.50. The van der Waals surface area contributed by atoms with Crippen molar-refractivity contribution in [3.8, 4) is 0 Å². The molecule has 0 bridgehead atoms. The standard InChI is InChI=1S/C13H16ClN3O2S/c1-11-13(14)10-15-17(11)9-5-8-16-20(18,19)12-6-3-2-4-7-12/h2-4,6-7,10,16H,5,8-9H2,1H3. The lowest BCUT2D eigenvalue weighted by molar-refractivity contribution is 0.546. The molecule has 0 aliphatic rings. The number of aryl methyl sites for hydroxylation is 1. The maximum atomic E-state index is 12.0. The Bertz CT molecular complexity index is 668. The van der Waals surface area contributed by atoms with Crippen LogP contribution in [0.1, 0.15) is 12.1 Å². The number of nitrogens with one attached hydrogen (secondary N) is 1. The molecule has 5 nitrogen and oxygen atoms in total. The highest BCUT2D eigenvalue weighted by Gasteiger charge is 2.12. The van der Waals surface area contributed by atoms with E-state index in [2.05, 4.69) is 9.82 Å². The molecule has 1 heterocycles. The lowest BCUT2D eigenvalue weighted by Crippen LogP contribution is -2.25. The molecule has 7 heteroatoms. The maximum absolute atomic E-state index is 12.0. The molecule has 0 aliphatic heterocycles. The van der Waals surface area contributed by atoms with Gasteiger partial charge in [-0.15, -0.1) is 0 Å². The minimum Gasteiger partial charge on any atom is -0.268 e. The fourth-order valence-corrected chi connectivity index (χ4v) is 3.00. The summed E-state index contributed by atoms with van der Waals surface area (Å²) >= 11 is 5.90. The summed E-state index contributed by atoms with van der Waals surface area (Å²) in [7, 11) is -3.43. The van der Waals surface area contributed by atoms with Crippen molar-refractivity contribution in [2.45, 2.75) is 24.8 Å². The SMILES string of the molecule is Cc1c(Cl)cnn1CCCNS(=O)(=O)c1ccccc1. The third-order valence-electron chi connectivity index (χ3n) is 2.94. The van der Waals surface area contributed by atoms with E-state index in [4.69, 9.17) is 11.6 Å². The topological polar surface area (TPSA) is 64.0 Å². The minimum atomic E-state index is -3.43. The van der Waals surface area contributed by atoms with Gasteiger partial charge in [0, 0.05) is 13.1 Å². The van der Waals surface area contributed by atoms with Crippen molar-refractivity contribution in [3.05, 3.63) is 47.2 Å². The van der Waals surface area contributed by atoms with Crippen LogP contribution in [-0.2, 0) is 16.6 Å². The highest BCUT2D eigenvalue weighted by molar-refractivity contribution is 7.89. The van der Waals surface area contributed by atoms with E-state index in [9.17, 15) is 8.42 Å². The Morgan fingerprint density at radius 3 is 2.60 bits per heavy atom. The smallest absolute Gasteiger partial charge is 0.240 e. The molecule has 0 fully saturated rings. The molecule has 2 rings (SSSR count). The first kappa shape index (κ1) is 15.0. The second-order valence-electron chi connectivity index (χ2n) is 4.37. The molecule has 1 N–H and O–H groups in total. The zero-order valence-corrected chi connectivity index (χ0v) is 12.7.